The molecule has 4 bridgehead atoms. The first-order valence-corrected chi connectivity index (χ1v) is 25.0. The van der Waals surface area contributed by atoms with E-state index in [2.05, 4.69) is 36.2 Å². The highest BCUT2D eigenvalue weighted by atomic mass is 16.4. The largest absolute Gasteiger partial charge is 0.550 e. The molecule has 0 aromatic heterocycles. The summed E-state index contributed by atoms with van der Waals surface area (Å²) in [5.74, 6) is -6.41. The zero-order valence-corrected chi connectivity index (χ0v) is 41.4. The quantitative estimate of drug-likeness (QED) is 0.0357. The van der Waals surface area contributed by atoms with E-state index in [9.17, 15) is 44.1 Å². The molecule has 1 aliphatic rings. The monoisotopic (exact) mass is 964 g/mol. The number of fused-ring (bicyclic) bond motifs is 6. The highest BCUT2D eigenvalue weighted by molar-refractivity contribution is 6.00. The number of phenolic OH excluding ortho intramolecular Hbond substituents is 2. The molecule has 0 unspecified atom stereocenters. The summed E-state index contributed by atoms with van der Waals surface area (Å²) in [5, 5.41) is 45.4. The molecule has 1 heterocycles. The number of carboxylic acid groups (broad SMARTS) is 2. The second-order valence-corrected chi connectivity index (χ2v) is 18.8. The molecule has 1 aliphatic heterocycles. The maximum atomic E-state index is 14.5. The van der Waals surface area contributed by atoms with Gasteiger partial charge in [0.25, 0.3) is 0 Å². The molecule has 14 heteroatoms. The van der Waals surface area contributed by atoms with Crippen molar-refractivity contribution in [2.45, 2.75) is 148 Å². The molecule has 0 saturated carbocycles. The van der Waals surface area contributed by atoms with Crippen LogP contribution in [-0.2, 0) is 41.6 Å². The van der Waals surface area contributed by atoms with Gasteiger partial charge in [0.2, 0.25) is 11.8 Å². The first-order valence-electron chi connectivity index (χ1n) is 25.0. The highest BCUT2D eigenvalue weighted by Crippen LogP contribution is 2.39. The SMILES string of the molecule is CC(=O)[O-].CCCCCCCCCCc1ccc2cc(C(=O)CCCC(=O)C[C@@H](CCCC[NH3+])C(=O)N(C)[C@@H]3C(=O)C[C@@H](C)C(=O)N[C@H](C(=O)O)Cc4ccc(O)c(c4)-c4cc3ccc4O)ccc2c1. The number of carbonyl (C=O) groups excluding carboxylic acids is 6. The van der Waals surface area contributed by atoms with Crippen LogP contribution in [0.3, 0.4) is 0 Å². The number of quaternary nitrogens is 1. The van der Waals surface area contributed by atoms with Crippen LogP contribution < -0.4 is 16.2 Å². The van der Waals surface area contributed by atoms with Gasteiger partial charge in [-0.25, -0.2) is 4.79 Å². The number of Topliss-reactive ketones (excluding diaryl/α,β-unsaturated/α-hetero) is 3. The molecule has 4 atom stereocenters. The number of aromatic hydroxyl groups is 2. The van der Waals surface area contributed by atoms with Gasteiger partial charge in [0.1, 0.15) is 29.4 Å². The number of rotatable bonds is 23. The zero-order chi connectivity index (χ0) is 51.3. The number of ketones is 3. The Morgan fingerprint density at radius 2 is 1.40 bits per heavy atom. The zero-order valence-electron chi connectivity index (χ0n) is 41.4. The van der Waals surface area contributed by atoms with Gasteiger partial charge in [0, 0.05) is 73.6 Å². The minimum atomic E-state index is -1.34. The van der Waals surface area contributed by atoms with E-state index in [1.807, 2.05) is 18.2 Å². The number of carbonyl (C=O) groups is 7. The van der Waals surface area contributed by atoms with E-state index in [-0.39, 0.29) is 66.3 Å². The molecule has 14 nitrogen and oxygen atoms in total. The summed E-state index contributed by atoms with van der Waals surface area (Å²) in [6, 6.07) is 18.4. The minimum absolute atomic E-state index is 0.0578. The lowest BCUT2D eigenvalue weighted by Gasteiger charge is -2.32. The Morgan fingerprint density at radius 3 is 2.07 bits per heavy atom. The number of benzene rings is 4. The Labute approximate surface area is 412 Å². The summed E-state index contributed by atoms with van der Waals surface area (Å²) in [6.45, 7) is 5.36. The van der Waals surface area contributed by atoms with Crippen molar-refractivity contribution < 1.29 is 59.7 Å². The van der Waals surface area contributed by atoms with Crippen molar-refractivity contribution in [2.24, 2.45) is 11.8 Å². The third-order valence-corrected chi connectivity index (χ3v) is 13.0. The molecule has 2 amide bonds. The summed E-state index contributed by atoms with van der Waals surface area (Å²) in [5.41, 5.74) is 6.92. The number of likely N-dealkylation sites (N-methyl/N-ethyl adjacent to an activating group) is 1. The maximum Gasteiger partial charge on any atom is 0.326 e. The Kier molecular flexibility index (Phi) is 22.7. The third-order valence-electron chi connectivity index (χ3n) is 13.0. The molecule has 0 spiro atoms. The van der Waals surface area contributed by atoms with Gasteiger partial charge in [-0.1, -0.05) is 101 Å². The van der Waals surface area contributed by atoms with Crippen LogP contribution in [0.5, 0.6) is 11.5 Å². The van der Waals surface area contributed by atoms with Gasteiger partial charge in [0.15, 0.2) is 11.6 Å². The number of nitrogens with one attached hydrogen (secondary N) is 1. The van der Waals surface area contributed by atoms with Crippen molar-refractivity contribution in [3.63, 3.8) is 0 Å². The van der Waals surface area contributed by atoms with Crippen LogP contribution in [0, 0.1) is 11.8 Å². The number of aliphatic carboxylic acids is 2. The Morgan fingerprint density at radius 1 is 0.771 bits per heavy atom. The van der Waals surface area contributed by atoms with Gasteiger partial charge in [0.05, 0.1) is 6.54 Å². The van der Waals surface area contributed by atoms with E-state index in [0.717, 1.165) is 30.5 Å². The fourth-order valence-corrected chi connectivity index (χ4v) is 9.10. The van der Waals surface area contributed by atoms with Crippen LogP contribution in [-0.4, -0.2) is 81.0 Å². The van der Waals surface area contributed by atoms with Crippen LogP contribution in [0.15, 0.2) is 72.8 Å². The van der Waals surface area contributed by atoms with E-state index in [0.29, 0.717) is 42.5 Å². The number of amides is 2. The average molecular weight is 964 g/mol. The van der Waals surface area contributed by atoms with Gasteiger partial charge < -0.3 is 41.2 Å². The van der Waals surface area contributed by atoms with Crippen LogP contribution in [0.2, 0.25) is 0 Å². The number of nitrogens with zero attached hydrogens (tertiary/aromatic N) is 1. The van der Waals surface area contributed by atoms with E-state index in [1.54, 1.807) is 0 Å². The van der Waals surface area contributed by atoms with Crippen molar-refractivity contribution in [3.8, 4) is 22.6 Å². The topological polar surface area (TPSA) is 246 Å². The molecule has 7 N–H and O–H groups in total. The van der Waals surface area contributed by atoms with E-state index >= 15 is 0 Å². The van der Waals surface area contributed by atoms with E-state index < -0.39 is 53.5 Å². The van der Waals surface area contributed by atoms with Gasteiger partial charge in [-0.3, -0.25) is 24.0 Å². The molecule has 378 valence electrons. The van der Waals surface area contributed by atoms with Gasteiger partial charge in [-0.15, -0.1) is 0 Å². The van der Waals surface area contributed by atoms with Crippen LogP contribution in [0.1, 0.15) is 157 Å². The minimum Gasteiger partial charge on any atom is -0.550 e. The van der Waals surface area contributed by atoms with Crippen molar-refractivity contribution in [1.29, 1.82) is 0 Å². The summed E-state index contributed by atoms with van der Waals surface area (Å²) >= 11 is 0. The van der Waals surface area contributed by atoms with Crippen LogP contribution in [0.4, 0.5) is 0 Å². The number of carboxylic acids is 2. The van der Waals surface area contributed by atoms with Crippen LogP contribution >= 0.6 is 0 Å². The van der Waals surface area contributed by atoms with Gasteiger partial charge in [-0.2, -0.15) is 0 Å². The Hall–Kier alpha value is -6.41. The molecule has 4 aromatic rings. The fourth-order valence-electron chi connectivity index (χ4n) is 9.10. The second kappa shape index (κ2) is 28.3. The molecule has 0 saturated heterocycles. The molecular weight excluding hydrogens is 891 g/mol. The van der Waals surface area contributed by atoms with Gasteiger partial charge >= 0.3 is 5.97 Å². The molecule has 5 rings (SSSR count). The summed E-state index contributed by atoms with van der Waals surface area (Å²) < 4.78 is 0. The van der Waals surface area contributed by atoms with Crippen molar-refractivity contribution in [3.05, 3.63) is 95.1 Å². The predicted octanol–water partition coefficient (Wildman–Crippen LogP) is 7.62. The summed E-state index contributed by atoms with van der Waals surface area (Å²) in [7, 11) is 1.48. The molecule has 0 radical (unpaired) electrons. The molecule has 0 fully saturated rings. The fraction of sp³-hybridized carbons (Fsp3) is 0.482. The lowest BCUT2D eigenvalue weighted by Crippen LogP contribution is -2.50. The smallest absolute Gasteiger partial charge is 0.326 e. The second-order valence-electron chi connectivity index (χ2n) is 18.8. The number of hydrogen-bond donors (Lipinski definition) is 5. The highest BCUT2D eigenvalue weighted by Gasteiger charge is 2.36. The average Bonchev–Trinajstić information content (AvgIpc) is 3.32. The number of unbranched alkanes of at least 4 members (excludes halogenated alkanes) is 8. The molecule has 70 heavy (non-hydrogen) atoms. The standard InChI is InChI=1S/C54H69N3O9.C2H4O2/c1-4-5-6-7-8-9-10-11-15-36-19-21-39-32-40(23-22-38(39)29-36)47(59)18-14-17-43(58)33-42(16-12-13-27-55)53(64)57(3)51-41-24-26-49(61)45(34-41)44-30-37(20-25-48(44)60)31-46(54(65)66)56-52(63)35(2)28-50(51)62;1-2(3)4/h19-26,29-30,32,34-35,42,46,51,60-61H,4-18,27-28,31,33,55H2,1-3H3,(H,56,63)(H,65,66);1H3,(H,3,4)/t35-,42-,46+,51+;/m1./s1. The van der Waals surface area contributed by atoms with E-state index in [1.165, 1.54) is 112 Å². The Bertz CT molecular complexity index is 2440. The molecular formula is C56H73N3O11. The maximum absolute atomic E-state index is 14.5. The first-order chi connectivity index (χ1) is 33.4. The van der Waals surface area contributed by atoms with Crippen molar-refractivity contribution >= 4 is 51.9 Å². The Balaban J connectivity index is 0.00000256. The lowest BCUT2D eigenvalue weighted by molar-refractivity contribution is -0.368. The summed E-state index contributed by atoms with van der Waals surface area (Å²) in [6.07, 6.45) is 13.0. The number of aryl methyl sites for hydroxylation is 1. The number of hydrogen-bond acceptors (Lipinski definition) is 10. The molecule has 0 aliphatic carbocycles. The predicted molar refractivity (Wildman–Crippen MR) is 267 cm³/mol. The van der Waals surface area contributed by atoms with Gasteiger partial charge in [-0.05, 0) is 103 Å². The normalized spacial score (nSPS) is 16.3. The molecule has 4 aromatic carbocycles. The van der Waals surface area contributed by atoms with Crippen molar-refractivity contribution in [2.75, 3.05) is 13.6 Å². The van der Waals surface area contributed by atoms with E-state index in [4.69, 9.17) is 9.90 Å². The van der Waals surface area contributed by atoms with Crippen molar-refractivity contribution in [1.82, 2.24) is 10.2 Å². The third kappa shape index (κ3) is 17.2. The summed E-state index contributed by atoms with van der Waals surface area (Å²) in [4.78, 5) is 91.6. The lowest BCUT2D eigenvalue weighted by atomic mass is 9.88. The first kappa shape index (κ1) is 56.2. The number of phenols is 2. The van der Waals surface area contributed by atoms with Crippen LogP contribution in [0.25, 0.3) is 21.9 Å².